The number of aliphatic carboxylic acids is 2. The lowest BCUT2D eigenvalue weighted by Gasteiger charge is -2.50. The van der Waals surface area contributed by atoms with Crippen LogP contribution in [0.5, 0.6) is 0 Å². The molecule has 5 rings (SSSR count). The van der Waals surface area contributed by atoms with Crippen molar-refractivity contribution in [2.45, 2.75) is 31.0 Å². The Morgan fingerprint density at radius 2 is 2.12 bits per heavy atom. The molecule has 41 heavy (non-hydrogen) atoms. The molecule has 3 atom stereocenters. The first-order valence-electron chi connectivity index (χ1n) is 11.6. The van der Waals surface area contributed by atoms with Crippen LogP contribution in [0, 0.1) is 0 Å². The number of pyridine rings is 1. The van der Waals surface area contributed by atoms with E-state index < -0.39 is 47.0 Å². The summed E-state index contributed by atoms with van der Waals surface area (Å²) in [6.45, 7) is 1.27. The standard InChI is InChI=1S/C22H19ClN8O8S2/c1-7(19(34)35)39-29-12(11-15(23)41-21(24)28-11)16(32)27-13-17(33)31-14(20(36)37)8(6-40-18(13)31)4-30-3-2-9-10(5-30)26-22(38)25-9/h2-3,5,7,13,18H,4,6H2,1H3,(H6,24,26,27,28,32,34,35,36,37,38)/b29-12-/t7-,13?,18?/m0/s1. The fraction of sp³-hybridized carbons (Fsp3) is 0.273. The number of H-pyrrole nitrogens is 2. The zero-order valence-electron chi connectivity index (χ0n) is 20.7. The van der Waals surface area contributed by atoms with E-state index in [2.05, 4.69) is 25.4 Å². The molecule has 0 radical (unpaired) electrons. The van der Waals surface area contributed by atoms with Gasteiger partial charge in [0.05, 0.1) is 17.2 Å². The smallest absolute Gasteiger partial charge is 0.347 e. The number of rotatable bonds is 9. The summed E-state index contributed by atoms with van der Waals surface area (Å²) in [6, 6.07) is 0.489. The molecule has 6 N–H and O–H groups in total. The Hall–Kier alpha value is -4.42. The van der Waals surface area contributed by atoms with Crippen LogP contribution in [-0.2, 0) is 30.6 Å². The minimum absolute atomic E-state index is 0.00154. The Bertz CT molecular complexity index is 1730. The number of aromatic amines is 2. The van der Waals surface area contributed by atoms with Gasteiger partial charge >= 0.3 is 11.7 Å². The Morgan fingerprint density at radius 1 is 1.39 bits per heavy atom. The van der Waals surface area contributed by atoms with E-state index in [1.807, 2.05) is 0 Å². The number of β-lactam (4-membered cyclic amide) rings is 1. The fourth-order valence-electron chi connectivity index (χ4n) is 4.18. The van der Waals surface area contributed by atoms with Gasteiger partial charge in [0.1, 0.15) is 27.0 Å². The van der Waals surface area contributed by atoms with Crippen molar-refractivity contribution in [3.05, 3.63) is 50.2 Å². The second kappa shape index (κ2) is 10.9. The summed E-state index contributed by atoms with van der Waals surface area (Å²) in [4.78, 5) is 76.2. The highest BCUT2D eigenvalue weighted by atomic mass is 35.5. The normalized spacial score (nSPS) is 19.5. The molecule has 0 aliphatic carbocycles. The zero-order chi connectivity index (χ0) is 29.6. The number of carboxylic acids is 2. The number of carbonyl (C=O) groups excluding carboxylic acids is 3. The molecule has 16 nitrogen and oxygen atoms in total. The maximum Gasteiger partial charge on any atom is 0.347 e. The monoisotopic (exact) mass is 622 g/mol. The maximum atomic E-state index is 13.2. The lowest BCUT2D eigenvalue weighted by molar-refractivity contribution is -0.687. The van der Waals surface area contributed by atoms with Crippen molar-refractivity contribution in [3.8, 4) is 0 Å². The number of carbonyl (C=O) groups is 4. The van der Waals surface area contributed by atoms with Crippen LogP contribution in [0.1, 0.15) is 12.6 Å². The topological polar surface area (TPSA) is 240 Å². The molecule has 0 saturated carbocycles. The third-order valence-corrected chi connectivity index (χ3v) is 8.53. The van der Waals surface area contributed by atoms with Gasteiger partial charge in [0, 0.05) is 17.4 Å². The van der Waals surface area contributed by atoms with Crippen LogP contribution in [-0.4, -0.2) is 77.7 Å². The lowest BCUT2D eigenvalue weighted by atomic mass is 10.0. The summed E-state index contributed by atoms with van der Waals surface area (Å²) >= 11 is 8.18. The summed E-state index contributed by atoms with van der Waals surface area (Å²) in [7, 11) is 0. The van der Waals surface area contributed by atoms with Crippen LogP contribution < -0.4 is 26.4 Å². The molecule has 0 spiro atoms. The van der Waals surface area contributed by atoms with Crippen LogP contribution in [0.25, 0.3) is 11.0 Å². The Morgan fingerprint density at radius 3 is 2.78 bits per heavy atom. The summed E-state index contributed by atoms with van der Waals surface area (Å²) in [6.07, 6.45) is 1.84. The van der Waals surface area contributed by atoms with Crippen LogP contribution in [0.4, 0.5) is 5.13 Å². The van der Waals surface area contributed by atoms with Gasteiger partial charge in [-0.2, -0.15) is 4.57 Å². The SMILES string of the molecule is C[C@H](O/N=C(\C(=O)NC1C(=O)N2C(C(=O)[O-])=C(C[n+]3ccc4[nH]c(=O)[nH]c4c3)CSC12)c1nc(N)sc1Cl)C(=O)O. The number of amides is 2. The Balaban J connectivity index is 1.37. The van der Waals surface area contributed by atoms with Gasteiger partial charge in [-0.25, -0.2) is 14.6 Å². The first kappa shape index (κ1) is 28.1. The molecule has 1 saturated heterocycles. The third kappa shape index (κ3) is 5.35. The molecule has 19 heteroatoms. The molecule has 2 aliphatic rings. The average molecular weight is 623 g/mol. The van der Waals surface area contributed by atoms with Crippen molar-refractivity contribution in [2.24, 2.45) is 5.16 Å². The van der Waals surface area contributed by atoms with E-state index in [1.54, 1.807) is 23.0 Å². The molecule has 1 fully saturated rings. The van der Waals surface area contributed by atoms with Gasteiger partial charge in [-0.3, -0.25) is 14.5 Å². The molecule has 3 aromatic heterocycles. The molecule has 2 aliphatic heterocycles. The van der Waals surface area contributed by atoms with Crippen molar-refractivity contribution < 1.29 is 38.8 Å². The van der Waals surface area contributed by atoms with Gasteiger partial charge in [0.2, 0.25) is 6.10 Å². The first-order valence-corrected chi connectivity index (χ1v) is 13.9. The van der Waals surface area contributed by atoms with E-state index in [-0.39, 0.29) is 38.8 Å². The number of nitrogens with zero attached hydrogens (tertiary/aromatic N) is 4. The predicted octanol–water partition coefficient (Wildman–Crippen LogP) is -1.87. The van der Waals surface area contributed by atoms with Gasteiger partial charge in [0.15, 0.2) is 29.8 Å². The summed E-state index contributed by atoms with van der Waals surface area (Å²) in [5.74, 6) is -4.41. The number of hydrogen-bond donors (Lipinski definition) is 5. The molecular formula is C22H19ClN8O8S2. The van der Waals surface area contributed by atoms with Crippen LogP contribution in [0.3, 0.4) is 0 Å². The number of fused-ring (bicyclic) bond motifs is 2. The number of imidazole rings is 1. The van der Waals surface area contributed by atoms with E-state index >= 15 is 0 Å². The molecular weight excluding hydrogens is 604 g/mol. The Labute approximate surface area is 241 Å². The number of halogens is 1. The maximum absolute atomic E-state index is 13.2. The Kier molecular flexibility index (Phi) is 7.45. The van der Waals surface area contributed by atoms with E-state index in [1.165, 1.54) is 18.7 Å². The van der Waals surface area contributed by atoms with Gasteiger partial charge in [-0.1, -0.05) is 28.1 Å². The number of nitrogens with two attached hydrogens (primary N) is 1. The largest absolute Gasteiger partial charge is 0.543 e. The van der Waals surface area contributed by atoms with Crippen molar-refractivity contribution in [2.75, 3.05) is 11.5 Å². The summed E-state index contributed by atoms with van der Waals surface area (Å²) in [5, 5.41) is 26.5. The number of nitrogen functional groups attached to an aromatic ring is 1. The minimum atomic E-state index is -1.57. The fourth-order valence-corrected chi connectivity index (χ4v) is 6.44. The third-order valence-electron chi connectivity index (χ3n) is 6.11. The van der Waals surface area contributed by atoms with Crippen molar-refractivity contribution >= 4 is 80.3 Å². The number of hydrogen-bond acceptors (Lipinski definition) is 12. The number of anilines is 1. The van der Waals surface area contributed by atoms with E-state index in [0.717, 1.165) is 16.2 Å². The second-order valence-corrected chi connectivity index (χ2v) is 11.6. The van der Waals surface area contributed by atoms with E-state index in [0.29, 0.717) is 16.6 Å². The number of nitrogens with one attached hydrogen (secondary N) is 3. The lowest BCUT2D eigenvalue weighted by Crippen LogP contribution is -2.71. The van der Waals surface area contributed by atoms with Gasteiger partial charge in [0.25, 0.3) is 11.8 Å². The van der Waals surface area contributed by atoms with Crippen molar-refractivity contribution in [1.29, 1.82) is 0 Å². The first-order chi connectivity index (χ1) is 19.4. The summed E-state index contributed by atoms with van der Waals surface area (Å²) < 4.78 is 1.63. The molecule has 214 valence electrons. The van der Waals surface area contributed by atoms with Gasteiger partial charge < -0.3 is 40.9 Å². The van der Waals surface area contributed by atoms with Crippen LogP contribution >= 0.6 is 34.7 Å². The molecule has 5 heterocycles. The molecule has 3 aromatic rings. The molecule has 2 unspecified atom stereocenters. The highest BCUT2D eigenvalue weighted by molar-refractivity contribution is 8.00. The molecule has 0 aromatic carbocycles. The minimum Gasteiger partial charge on any atom is -0.543 e. The second-order valence-electron chi connectivity index (χ2n) is 8.82. The van der Waals surface area contributed by atoms with Crippen molar-refractivity contribution in [3.63, 3.8) is 0 Å². The van der Waals surface area contributed by atoms with E-state index in [9.17, 15) is 29.1 Å². The van der Waals surface area contributed by atoms with Crippen LogP contribution in [0.2, 0.25) is 4.34 Å². The number of aromatic nitrogens is 4. The average Bonchev–Trinajstić information content (AvgIpc) is 3.45. The predicted molar refractivity (Wildman–Crippen MR) is 142 cm³/mol. The van der Waals surface area contributed by atoms with Gasteiger partial charge in [-0.15, -0.1) is 11.8 Å². The highest BCUT2D eigenvalue weighted by Crippen LogP contribution is 2.40. The number of oxime groups is 1. The molecule has 0 bridgehead atoms. The quantitative estimate of drug-likeness (QED) is 0.0766. The van der Waals surface area contributed by atoms with Crippen molar-refractivity contribution in [1.82, 2.24) is 25.2 Å². The summed E-state index contributed by atoms with van der Waals surface area (Å²) in [5.41, 5.74) is 5.72. The number of thiazole rings is 1. The highest BCUT2D eigenvalue weighted by Gasteiger charge is 2.53. The number of carboxylic acid groups (broad SMARTS) is 2. The van der Waals surface area contributed by atoms with Gasteiger partial charge in [-0.05, 0) is 6.92 Å². The van der Waals surface area contributed by atoms with E-state index in [4.69, 9.17) is 27.3 Å². The molecule has 2 amide bonds. The van der Waals surface area contributed by atoms with Crippen LogP contribution in [0.15, 0.2) is 39.7 Å². The number of thioether (sulfide) groups is 1. The zero-order valence-corrected chi connectivity index (χ0v) is 23.1.